The number of hydrogen-bond donors (Lipinski definition) is 2. The summed E-state index contributed by atoms with van der Waals surface area (Å²) < 4.78 is 21.5. The topological polar surface area (TPSA) is 121 Å². The largest absolute Gasteiger partial charge is 0.493 e. The number of hydrogen-bond acceptors (Lipinski definition) is 7. The third-order valence-corrected chi connectivity index (χ3v) is 4.23. The van der Waals surface area contributed by atoms with Gasteiger partial charge in [-0.3, -0.25) is 9.59 Å². The van der Waals surface area contributed by atoms with Gasteiger partial charge in [0, 0.05) is 5.56 Å². The van der Waals surface area contributed by atoms with Gasteiger partial charge in [0.1, 0.15) is 0 Å². The summed E-state index contributed by atoms with van der Waals surface area (Å²) in [5, 5.41) is 3.95. The molecule has 154 valence electrons. The first-order valence-electron chi connectivity index (χ1n) is 8.23. The van der Waals surface area contributed by atoms with E-state index in [0.29, 0.717) is 38.6 Å². The molecule has 2 aromatic rings. The molecule has 29 heavy (non-hydrogen) atoms. The van der Waals surface area contributed by atoms with Gasteiger partial charge in [-0.2, -0.15) is 5.10 Å². The number of nitrogens with two attached hydrogens (primary N) is 1. The van der Waals surface area contributed by atoms with Crippen molar-refractivity contribution in [2.24, 2.45) is 10.8 Å². The Morgan fingerprint density at radius 1 is 1.07 bits per heavy atom. The molecule has 0 heterocycles. The van der Waals surface area contributed by atoms with Crippen molar-refractivity contribution >= 4 is 34.0 Å². The molecule has 0 saturated heterocycles. The Balaban J connectivity index is 2.12. The molecule has 0 bridgehead atoms. The van der Waals surface area contributed by atoms with Crippen LogP contribution in [-0.4, -0.2) is 46.0 Å². The number of rotatable bonds is 9. The second-order valence-electron chi connectivity index (χ2n) is 5.56. The lowest BCUT2D eigenvalue weighted by molar-refractivity contribution is -0.119. The fourth-order valence-electron chi connectivity index (χ4n) is 2.31. The summed E-state index contributed by atoms with van der Waals surface area (Å²) >= 11 is 3.34. The van der Waals surface area contributed by atoms with Gasteiger partial charge < -0.3 is 24.7 Å². The Morgan fingerprint density at radius 3 is 2.38 bits per heavy atom. The molecule has 10 heteroatoms. The highest BCUT2D eigenvalue weighted by Crippen LogP contribution is 2.36. The van der Waals surface area contributed by atoms with Gasteiger partial charge in [-0.15, -0.1) is 0 Å². The molecule has 3 N–H and O–H groups in total. The zero-order valence-corrected chi connectivity index (χ0v) is 17.6. The van der Waals surface area contributed by atoms with E-state index in [4.69, 9.17) is 24.7 Å². The molecule has 0 atom stereocenters. The SMILES string of the molecule is COc1ccc(C(=O)N/N=C/c2cc(Br)c(OCC(N)=O)c(OC)c2)cc1OC. The minimum atomic E-state index is -0.609. The van der Waals surface area contributed by atoms with Gasteiger partial charge in [-0.05, 0) is 51.8 Å². The van der Waals surface area contributed by atoms with Crippen LogP contribution in [0.2, 0.25) is 0 Å². The molecule has 0 aliphatic heterocycles. The maximum absolute atomic E-state index is 12.3. The van der Waals surface area contributed by atoms with E-state index in [1.807, 2.05) is 0 Å². The third-order valence-electron chi connectivity index (χ3n) is 3.64. The van der Waals surface area contributed by atoms with Crippen molar-refractivity contribution in [3.05, 3.63) is 45.9 Å². The molecule has 0 aromatic heterocycles. The van der Waals surface area contributed by atoms with E-state index in [9.17, 15) is 9.59 Å². The monoisotopic (exact) mass is 465 g/mol. The lowest BCUT2D eigenvalue weighted by atomic mass is 10.2. The zero-order valence-electron chi connectivity index (χ0n) is 16.0. The molecule has 0 radical (unpaired) electrons. The van der Waals surface area contributed by atoms with Gasteiger partial charge in [0.2, 0.25) is 0 Å². The Kier molecular flexibility index (Phi) is 7.84. The summed E-state index contributed by atoms with van der Waals surface area (Å²) in [6.07, 6.45) is 1.43. The van der Waals surface area contributed by atoms with E-state index in [0.717, 1.165) is 0 Å². The van der Waals surface area contributed by atoms with Gasteiger partial charge in [-0.25, -0.2) is 5.43 Å². The molecule has 2 rings (SSSR count). The van der Waals surface area contributed by atoms with Crippen molar-refractivity contribution in [3.63, 3.8) is 0 Å². The number of primary amides is 1. The predicted molar refractivity (Wildman–Crippen MR) is 110 cm³/mol. The van der Waals surface area contributed by atoms with Crippen LogP contribution in [0.4, 0.5) is 0 Å². The van der Waals surface area contributed by atoms with E-state index in [1.54, 1.807) is 30.3 Å². The number of ether oxygens (including phenoxy) is 4. The average molecular weight is 466 g/mol. The quantitative estimate of drug-likeness (QED) is 0.431. The molecule has 0 fully saturated rings. The maximum atomic E-state index is 12.3. The molecule has 0 aliphatic rings. The van der Waals surface area contributed by atoms with Crippen LogP contribution >= 0.6 is 15.9 Å². The number of nitrogens with one attached hydrogen (secondary N) is 1. The summed E-state index contributed by atoms with van der Waals surface area (Å²) in [4.78, 5) is 23.2. The van der Waals surface area contributed by atoms with Crippen LogP contribution in [0, 0.1) is 0 Å². The van der Waals surface area contributed by atoms with Crippen LogP contribution in [0.25, 0.3) is 0 Å². The molecule has 0 saturated carbocycles. The maximum Gasteiger partial charge on any atom is 0.271 e. The number of carbonyl (C=O) groups excluding carboxylic acids is 2. The Bertz CT molecular complexity index is 932. The minimum Gasteiger partial charge on any atom is -0.493 e. The number of carbonyl (C=O) groups is 2. The highest BCUT2D eigenvalue weighted by Gasteiger charge is 2.13. The summed E-state index contributed by atoms with van der Waals surface area (Å²) in [6, 6.07) is 8.09. The summed E-state index contributed by atoms with van der Waals surface area (Å²) in [7, 11) is 4.46. The van der Waals surface area contributed by atoms with E-state index in [1.165, 1.54) is 27.5 Å². The molecule has 0 unspecified atom stereocenters. The Labute approximate surface area is 175 Å². The smallest absolute Gasteiger partial charge is 0.271 e. The van der Waals surface area contributed by atoms with Crippen LogP contribution in [-0.2, 0) is 4.79 Å². The van der Waals surface area contributed by atoms with Crippen LogP contribution < -0.4 is 30.1 Å². The Morgan fingerprint density at radius 2 is 1.76 bits per heavy atom. The van der Waals surface area contributed by atoms with Gasteiger partial charge in [0.25, 0.3) is 11.8 Å². The lowest BCUT2D eigenvalue weighted by Crippen LogP contribution is -2.20. The van der Waals surface area contributed by atoms with Crippen molar-refractivity contribution in [1.82, 2.24) is 5.43 Å². The fourth-order valence-corrected chi connectivity index (χ4v) is 2.88. The van der Waals surface area contributed by atoms with Crippen LogP contribution in [0.15, 0.2) is 39.9 Å². The normalized spacial score (nSPS) is 10.5. The number of halogens is 1. The van der Waals surface area contributed by atoms with E-state index < -0.39 is 11.8 Å². The van der Waals surface area contributed by atoms with Crippen molar-refractivity contribution in [2.75, 3.05) is 27.9 Å². The van der Waals surface area contributed by atoms with Crippen molar-refractivity contribution in [2.45, 2.75) is 0 Å². The molecular formula is C19H20BrN3O6. The standard InChI is InChI=1S/C19H20BrN3O6/c1-26-14-5-4-12(8-15(14)27-2)19(25)23-22-9-11-6-13(20)18(16(7-11)28-3)29-10-17(21)24/h4-9H,10H2,1-3H3,(H2,21,24)(H,23,25)/b22-9+. The van der Waals surface area contributed by atoms with Crippen LogP contribution in [0.1, 0.15) is 15.9 Å². The van der Waals surface area contributed by atoms with Crippen LogP contribution in [0.5, 0.6) is 23.0 Å². The summed E-state index contributed by atoms with van der Waals surface area (Å²) in [5.41, 5.74) is 8.50. The van der Waals surface area contributed by atoms with Gasteiger partial charge in [-0.1, -0.05) is 0 Å². The molecule has 2 amide bonds. The minimum absolute atomic E-state index is 0.288. The highest BCUT2D eigenvalue weighted by atomic mass is 79.9. The van der Waals surface area contributed by atoms with Gasteiger partial charge in [0.05, 0.1) is 32.0 Å². The highest BCUT2D eigenvalue weighted by molar-refractivity contribution is 9.10. The number of benzene rings is 2. The molecule has 0 aliphatic carbocycles. The summed E-state index contributed by atoms with van der Waals surface area (Å²) in [6.45, 7) is -0.288. The first-order valence-corrected chi connectivity index (χ1v) is 9.03. The van der Waals surface area contributed by atoms with Gasteiger partial charge >= 0.3 is 0 Å². The first kappa shape index (κ1) is 22.0. The zero-order chi connectivity index (χ0) is 21.4. The predicted octanol–water partition coefficient (Wildman–Crippen LogP) is 2.10. The first-order chi connectivity index (χ1) is 13.9. The number of methoxy groups -OCH3 is 3. The third kappa shape index (κ3) is 5.85. The van der Waals surface area contributed by atoms with Crippen LogP contribution in [0.3, 0.4) is 0 Å². The Hall–Kier alpha value is -3.27. The van der Waals surface area contributed by atoms with Gasteiger partial charge in [0.15, 0.2) is 29.6 Å². The molecule has 9 nitrogen and oxygen atoms in total. The number of hydrazone groups is 1. The molecule has 0 spiro atoms. The lowest BCUT2D eigenvalue weighted by Gasteiger charge is -2.12. The van der Waals surface area contributed by atoms with Crippen molar-refractivity contribution < 1.29 is 28.5 Å². The van der Waals surface area contributed by atoms with E-state index >= 15 is 0 Å². The average Bonchev–Trinajstić information content (AvgIpc) is 2.71. The second kappa shape index (κ2) is 10.3. The van der Waals surface area contributed by atoms with E-state index in [2.05, 4.69) is 26.5 Å². The van der Waals surface area contributed by atoms with Crippen molar-refractivity contribution in [3.8, 4) is 23.0 Å². The second-order valence-corrected chi connectivity index (χ2v) is 6.41. The molecular weight excluding hydrogens is 446 g/mol. The van der Waals surface area contributed by atoms with Crippen molar-refractivity contribution in [1.29, 1.82) is 0 Å². The van der Waals surface area contributed by atoms with E-state index in [-0.39, 0.29) is 6.61 Å². The number of amides is 2. The fraction of sp³-hybridized carbons (Fsp3) is 0.211. The number of nitrogens with zero attached hydrogens (tertiary/aromatic N) is 1. The molecule has 2 aromatic carbocycles. The summed E-state index contributed by atoms with van der Waals surface area (Å²) in [5.74, 6) is 0.621.